The Hall–Kier alpha value is -2.58. The molecule has 2 N–H and O–H groups in total. The highest BCUT2D eigenvalue weighted by atomic mass is 16.3. The van der Waals surface area contributed by atoms with Crippen molar-refractivity contribution >= 4 is 10.9 Å². The van der Waals surface area contributed by atoms with E-state index in [1.807, 2.05) is 29.8 Å². The number of aliphatic hydroxyl groups excluding tert-OH is 1. The zero-order chi connectivity index (χ0) is 20.2. The van der Waals surface area contributed by atoms with Gasteiger partial charge in [-0.3, -0.25) is 9.69 Å². The molecule has 2 heterocycles. The Morgan fingerprint density at radius 2 is 2.07 bits per heavy atom. The van der Waals surface area contributed by atoms with Gasteiger partial charge in [-0.15, -0.1) is 5.10 Å². The van der Waals surface area contributed by atoms with Crippen LogP contribution in [0, 0.1) is 6.92 Å². The Morgan fingerprint density at radius 1 is 1.24 bits per heavy atom. The summed E-state index contributed by atoms with van der Waals surface area (Å²) in [5, 5.41) is 22.7. The zero-order valence-corrected chi connectivity index (χ0v) is 16.8. The highest BCUT2D eigenvalue weighted by Crippen LogP contribution is 2.29. The fourth-order valence-electron chi connectivity index (χ4n) is 4.19. The van der Waals surface area contributed by atoms with Crippen LogP contribution in [0.25, 0.3) is 10.9 Å². The average Bonchev–Trinajstić information content (AvgIpc) is 3.38. The lowest BCUT2D eigenvalue weighted by molar-refractivity contribution is 0.204. The van der Waals surface area contributed by atoms with Crippen molar-refractivity contribution in [2.24, 2.45) is 0 Å². The number of nitrogens with zero attached hydrogens (tertiary/aromatic N) is 5. The molecule has 4 rings (SSSR count). The Morgan fingerprint density at radius 3 is 2.86 bits per heavy atom. The van der Waals surface area contributed by atoms with Crippen LogP contribution in [0.4, 0.5) is 0 Å². The molecular weight excluding hydrogens is 368 g/mol. The molecular formula is C21H28N6O2. The number of hydrogen-bond acceptors (Lipinski definition) is 6. The number of aromatic nitrogens is 5. The number of H-pyrrole nitrogens is 1. The van der Waals surface area contributed by atoms with E-state index in [2.05, 4.69) is 31.5 Å². The highest BCUT2D eigenvalue weighted by molar-refractivity contribution is 5.79. The summed E-state index contributed by atoms with van der Waals surface area (Å²) in [7, 11) is 0. The third kappa shape index (κ3) is 4.54. The van der Waals surface area contributed by atoms with E-state index in [0.29, 0.717) is 37.7 Å². The average molecular weight is 396 g/mol. The number of aryl methyl sites for hydroxylation is 1. The molecule has 1 aliphatic carbocycles. The lowest BCUT2D eigenvalue weighted by Crippen LogP contribution is -2.30. The fourth-order valence-corrected chi connectivity index (χ4v) is 4.19. The van der Waals surface area contributed by atoms with Crippen LogP contribution in [0.15, 0.2) is 29.1 Å². The van der Waals surface area contributed by atoms with E-state index >= 15 is 0 Å². The topological polar surface area (TPSA) is 99.9 Å². The monoisotopic (exact) mass is 396 g/mol. The molecule has 1 fully saturated rings. The third-order valence-corrected chi connectivity index (χ3v) is 5.70. The maximum Gasteiger partial charge on any atom is 0.252 e. The lowest BCUT2D eigenvalue weighted by Gasteiger charge is -2.22. The SMILES string of the molecule is Cc1ccc2[nH]c(=O)c(CN(CCCO)Cc3nnnn3C3CCCC3)cc2c1. The molecule has 0 radical (unpaired) electrons. The van der Waals surface area contributed by atoms with Crippen LogP contribution in [0.2, 0.25) is 0 Å². The largest absolute Gasteiger partial charge is 0.396 e. The van der Waals surface area contributed by atoms with Gasteiger partial charge in [0.05, 0.1) is 12.6 Å². The van der Waals surface area contributed by atoms with Gasteiger partial charge >= 0.3 is 0 Å². The summed E-state index contributed by atoms with van der Waals surface area (Å²) in [4.78, 5) is 17.8. The van der Waals surface area contributed by atoms with Gasteiger partial charge in [0.2, 0.25) is 0 Å². The second-order valence-electron chi connectivity index (χ2n) is 7.98. The third-order valence-electron chi connectivity index (χ3n) is 5.70. The Bertz CT molecular complexity index is 1020. The van der Waals surface area contributed by atoms with Crippen LogP contribution in [0.5, 0.6) is 0 Å². The van der Waals surface area contributed by atoms with Gasteiger partial charge < -0.3 is 10.1 Å². The van der Waals surface area contributed by atoms with Gasteiger partial charge in [-0.05, 0) is 60.2 Å². The Labute approximate surface area is 169 Å². The number of fused-ring (bicyclic) bond motifs is 1. The number of tetrazole rings is 1. The number of aliphatic hydroxyl groups is 1. The van der Waals surface area contributed by atoms with Crippen LogP contribution in [0.1, 0.15) is 55.1 Å². The van der Waals surface area contributed by atoms with Crippen molar-refractivity contribution in [3.63, 3.8) is 0 Å². The standard InChI is InChI=1S/C21H28N6O2/c1-15-7-8-19-16(11-15)12-17(21(29)22-19)13-26(9-4-10-28)14-20-23-24-25-27(20)18-5-2-3-6-18/h7-8,11-12,18,28H,2-6,9-10,13-14H2,1H3,(H,22,29). The van der Waals surface area contributed by atoms with Crippen molar-refractivity contribution < 1.29 is 5.11 Å². The van der Waals surface area contributed by atoms with Crippen LogP contribution in [-0.4, -0.2) is 48.3 Å². The fraction of sp³-hybridized carbons (Fsp3) is 0.524. The van der Waals surface area contributed by atoms with Gasteiger partial charge in [-0.1, -0.05) is 24.5 Å². The molecule has 0 bridgehead atoms. The smallest absolute Gasteiger partial charge is 0.252 e. The van der Waals surface area contributed by atoms with Gasteiger partial charge in [0.15, 0.2) is 5.82 Å². The van der Waals surface area contributed by atoms with Crippen molar-refractivity contribution in [2.75, 3.05) is 13.2 Å². The van der Waals surface area contributed by atoms with E-state index in [1.54, 1.807) is 0 Å². The number of nitrogens with one attached hydrogen (secondary N) is 1. The number of pyridine rings is 1. The molecule has 0 unspecified atom stereocenters. The quantitative estimate of drug-likeness (QED) is 0.606. The predicted octanol–water partition coefficient (Wildman–Crippen LogP) is 2.32. The van der Waals surface area contributed by atoms with Crippen LogP contribution in [0.3, 0.4) is 0 Å². The van der Waals surface area contributed by atoms with Crippen molar-refractivity contribution in [1.29, 1.82) is 0 Å². The lowest BCUT2D eigenvalue weighted by atomic mass is 10.1. The van der Waals surface area contributed by atoms with E-state index in [-0.39, 0.29) is 12.2 Å². The highest BCUT2D eigenvalue weighted by Gasteiger charge is 2.23. The second-order valence-corrected chi connectivity index (χ2v) is 7.98. The molecule has 3 aromatic rings. The molecule has 2 aromatic heterocycles. The van der Waals surface area contributed by atoms with E-state index in [1.165, 1.54) is 12.8 Å². The Kier molecular flexibility index (Phi) is 6.01. The summed E-state index contributed by atoms with van der Waals surface area (Å²) in [6, 6.07) is 8.34. The van der Waals surface area contributed by atoms with Crippen molar-refractivity contribution in [1.82, 2.24) is 30.1 Å². The van der Waals surface area contributed by atoms with E-state index < -0.39 is 0 Å². The number of hydrogen-bond donors (Lipinski definition) is 2. The van der Waals surface area contributed by atoms with Gasteiger partial charge in [0, 0.05) is 30.8 Å². The van der Waals surface area contributed by atoms with Gasteiger partial charge in [-0.2, -0.15) is 0 Å². The first kappa shape index (κ1) is 19.7. The maximum atomic E-state index is 12.6. The van der Waals surface area contributed by atoms with Gasteiger partial charge in [-0.25, -0.2) is 4.68 Å². The Balaban J connectivity index is 1.58. The first-order valence-electron chi connectivity index (χ1n) is 10.4. The molecule has 154 valence electrons. The molecule has 1 aliphatic rings. The van der Waals surface area contributed by atoms with Crippen LogP contribution >= 0.6 is 0 Å². The molecule has 29 heavy (non-hydrogen) atoms. The van der Waals surface area contributed by atoms with E-state index in [4.69, 9.17) is 0 Å². The minimum absolute atomic E-state index is 0.0780. The maximum absolute atomic E-state index is 12.6. The molecule has 0 aliphatic heterocycles. The van der Waals surface area contributed by atoms with Crippen LogP contribution < -0.4 is 5.56 Å². The second kappa shape index (κ2) is 8.84. The molecule has 0 amide bonds. The summed E-state index contributed by atoms with van der Waals surface area (Å²) in [6.45, 7) is 3.85. The number of benzene rings is 1. The zero-order valence-electron chi connectivity index (χ0n) is 16.8. The summed E-state index contributed by atoms with van der Waals surface area (Å²) < 4.78 is 1.95. The summed E-state index contributed by atoms with van der Waals surface area (Å²) in [5.41, 5.74) is 2.63. The normalized spacial score (nSPS) is 15.0. The van der Waals surface area contributed by atoms with Gasteiger partial charge in [0.1, 0.15) is 0 Å². The van der Waals surface area contributed by atoms with E-state index in [0.717, 1.165) is 35.1 Å². The van der Waals surface area contributed by atoms with E-state index in [9.17, 15) is 9.90 Å². The number of rotatable bonds is 8. The van der Waals surface area contributed by atoms with Crippen molar-refractivity contribution in [2.45, 2.75) is 58.2 Å². The molecule has 0 atom stereocenters. The minimum atomic E-state index is -0.0780. The molecule has 0 saturated heterocycles. The number of aromatic amines is 1. The van der Waals surface area contributed by atoms with Crippen LogP contribution in [-0.2, 0) is 13.1 Å². The molecule has 1 aromatic carbocycles. The minimum Gasteiger partial charge on any atom is -0.396 e. The van der Waals surface area contributed by atoms with Gasteiger partial charge in [0.25, 0.3) is 5.56 Å². The predicted molar refractivity (Wildman–Crippen MR) is 110 cm³/mol. The molecule has 8 heteroatoms. The van der Waals surface area contributed by atoms with Crippen molar-refractivity contribution in [3.8, 4) is 0 Å². The first-order valence-corrected chi connectivity index (χ1v) is 10.4. The summed E-state index contributed by atoms with van der Waals surface area (Å²) >= 11 is 0. The first-order chi connectivity index (χ1) is 14.1. The molecule has 8 nitrogen and oxygen atoms in total. The summed E-state index contributed by atoms with van der Waals surface area (Å²) in [5.74, 6) is 0.822. The molecule has 1 saturated carbocycles. The van der Waals surface area contributed by atoms with Crippen molar-refractivity contribution in [3.05, 3.63) is 51.6 Å². The summed E-state index contributed by atoms with van der Waals surface area (Å²) in [6.07, 6.45) is 5.28. The molecule has 0 spiro atoms.